The number of aromatic amines is 1. The van der Waals surface area contributed by atoms with E-state index < -0.39 is 9.84 Å². The number of pyridine rings is 1. The van der Waals surface area contributed by atoms with Crippen LogP contribution < -0.4 is 5.56 Å². The van der Waals surface area contributed by atoms with Gasteiger partial charge in [0.05, 0.1) is 10.1 Å². The van der Waals surface area contributed by atoms with Crippen LogP contribution in [-0.4, -0.2) is 18.7 Å². The normalized spacial score (nSPS) is 18.8. The molecule has 0 unspecified atom stereocenters. The number of hydrogen-bond donors (Lipinski definition) is 1. The molecule has 0 atom stereocenters. The van der Waals surface area contributed by atoms with Crippen LogP contribution in [0.3, 0.4) is 0 Å². The summed E-state index contributed by atoms with van der Waals surface area (Å²) in [7, 11) is -3.18. The fourth-order valence-corrected chi connectivity index (χ4v) is 5.46. The maximum absolute atomic E-state index is 12.4. The Bertz CT molecular complexity index is 1020. The monoisotopic (exact) mass is 383 g/mol. The standard InChI is InChI=1S/C22H25NO3S/c1-15-6-13-21(23-22(15)24)20(14-16-4-2-3-5-16)17-7-9-18(10-8-17)27(25,26)19-11-12-19/h6-10,13-14,16,19H,2-5,11-12H2,1H3,(H,23,24). The van der Waals surface area contributed by atoms with Gasteiger partial charge in [0.25, 0.3) is 5.56 Å². The maximum Gasteiger partial charge on any atom is 0.251 e. The molecule has 2 aliphatic carbocycles. The zero-order valence-electron chi connectivity index (χ0n) is 15.6. The topological polar surface area (TPSA) is 67.0 Å². The lowest BCUT2D eigenvalue weighted by Crippen LogP contribution is -2.12. The van der Waals surface area contributed by atoms with Gasteiger partial charge in [-0.05, 0) is 62.3 Å². The molecule has 0 spiro atoms. The highest BCUT2D eigenvalue weighted by molar-refractivity contribution is 7.92. The summed E-state index contributed by atoms with van der Waals surface area (Å²) in [4.78, 5) is 15.5. The third-order valence-corrected chi connectivity index (χ3v) is 7.93. The molecule has 0 bridgehead atoms. The van der Waals surface area contributed by atoms with Crippen LogP contribution in [0.5, 0.6) is 0 Å². The highest BCUT2D eigenvalue weighted by Crippen LogP contribution is 2.35. The number of rotatable bonds is 5. The van der Waals surface area contributed by atoms with Crippen molar-refractivity contribution in [2.75, 3.05) is 0 Å². The lowest BCUT2D eigenvalue weighted by atomic mass is 9.96. The summed E-state index contributed by atoms with van der Waals surface area (Å²) in [5.74, 6) is 0.500. The summed E-state index contributed by atoms with van der Waals surface area (Å²) in [5, 5.41) is -0.203. The smallest absolute Gasteiger partial charge is 0.251 e. The molecule has 2 aromatic rings. The third-order valence-electron chi connectivity index (χ3n) is 5.66. The van der Waals surface area contributed by atoms with Crippen LogP contribution in [0.15, 0.2) is 52.2 Å². The number of aromatic nitrogens is 1. The number of hydrogen-bond acceptors (Lipinski definition) is 3. The van der Waals surface area contributed by atoms with Crippen molar-refractivity contribution in [2.24, 2.45) is 5.92 Å². The van der Waals surface area contributed by atoms with E-state index >= 15 is 0 Å². The van der Waals surface area contributed by atoms with Gasteiger partial charge in [-0.25, -0.2) is 8.42 Å². The van der Waals surface area contributed by atoms with Gasteiger partial charge in [-0.3, -0.25) is 4.79 Å². The summed E-state index contributed by atoms with van der Waals surface area (Å²) in [6, 6.07) is 10.9. The van der Waals surface area contributed by atoms with E-state index in [4.69, 9.17) is 0 Å². The van der Waals surface area contributed by atoms with E-state index in [1.165, 1.54) is 12.8 Å². The van der Waals surface area contributed by atoms with E-state index in [-0.39, 0.29) is 10.8 Å². The molecule has 0 radical (unpaired) electrons. The van der Waals surface area contributed by atoms with Crippen molar-refractivity contribution in [3.05, 3.63) is 69.6 Å². The Morgan fingerprint density at radius 3 is 2.26 bits per heavy atom. The molecule has 1 N–H and O–H groups in total. The second-order valence-corrected chi connectivity index (χ2v) is 10.0. The fraction of sp³-hybridized carbons (Fsp3) is 0.409. The van der Waals surface area contributed by atoms with Crippen molar-refractivity contribution >= 4 is 15.4 Å². The van der Waals surface area contributed by atoms with Gasteiger partial charge >= 0.3 is 0 Å². The van der Waals surface area contributed by atoms with E-state index in [0.717, 1.165) is 42.5 Å². The number of H-pyrrole nitrogens is 1. The van der Waals surface area contributed by atoms with Crippen LogP contribution in [0.25, 0.3) is 5.57 Å². The second-order valence-electron chi connectivity index (χ2n) is 7.78. The van der Waals surface area contributed by atoms with Crippen LogP contribution in [0.1, 0.15) is 55.3 Å². The first-order valence-electron chi connectivity index (χ1n) is 9.71. The Balaban J connectivity index is 1.74. The number of sulfone groups is 1. The van der Waals surface area contributed by atoms with Gasteiger partial charge in [0, 0.05) is 16.8 Å². The number of benzene rings is 1. The highest BCUT2D eigenvalue weighted by Gasteiger charge is 2.36. The molecule has 0 aliphatic heterocycles. The molecule has 0 saturated heterocycles. The largest absolute Gasteiger partial charge is 0.322 e. The summed E-state index contributed by atoms with van der Waals surface area (Å²) >= 11 is 0. The summed E-state index contributed by atoms with van der Waals surface area (Å²) in [5.41, 5.74) is 3.31. The van der Waals surface area contributed by atoms with E-state index in [1.54, 1.807) is 19.1 Å². The molecule has 4 rings (SSSR count). The fourth-order valence-electron chi connectivity index (χ4n) is 3.80. The molecule has 0 amide bonds. The van der Waals surface area contributed by atoms with Crippen molar-refractivity contribution < 1.29 is 8.42 Å². The Labute approximate surface area is 160 Å². The highest BCUT2D eigenvalue weighted by atomic mass is 32.2. The molecule has 2 saturated carbocycles. The predicted molar refractivity (Wildman–Crippen MR) is 107 cm³/mol. The van der Waals surface area contributed by atoms with Gasteiger partial charge in [0.1, 0.15) is 0 Å². The van der Waals surface area contributed by atoms with Gasteiger partial charge in [-0.1, -0.05) is 37.1 Å². The SMILES string of the molecule is Cc1ccc(C(=CC2CCCC2)c2ccc(S(=O)(=O)C3CC3)cc2)[nH]c1=O. The minimum Gasteiger partial charge on any atom is -0.322 e. The van der Waals surface area contributed by atoms with Crippen LogP contribution in [0.4, 0.5) is 0 Å². The minimum absolute atomic E-state index is 0.0854. The lowest BCUT2D eigenvalue weighted by molar-refractivity contribution is 0.595. The van der Waals surface area contributed by atoms with Crippen LogP contribution in [0.2, 0.25) is 0 Å². The van der Waals surface area contributed by atoms with Crippen LogP contribution in [-0.2, 0) is 9.84 Å². The molecule has 1 aromatic heterocycles. The molecule has 142 valence electrons. The Morgan fingerprint density at radius 1 is 1.00 bits per heavy atom. The zero-order chi connectivity index (χ0) is 19.0. The minimum atomic E-state index is -3.18. The molecular formula is C22H25NO3S. The molecule has 1 aromatic carbocycles. The van der Waals surface area contributed by atoms with Gasteiger partial charge in [-0.2, -0.15) is 0 Å². The van der Waals surface area contributed by atoms with Crippen LogP contribution >= 0.6 is 0 Å². The van der Waals surface area contributed by atoms with E-state index in [9.17, 15) is 13.2 Å². The number of allylic oxidation sites excluding steroid dienone is 1. The molecule has 5 heteroatoms. The van der Waals surface area contributed by atoms with Gasteiger partial charge < -0.3 is 4.98 Å². The molecule has 1 heterocycles. The predicted octanol–water partition coefficient (Wildman–Crippen LogP) is 4.24. The van der Waals surface area contributed by atoms with Crippen molar-refractivity contribution in [3.8, 4) is 0 Å². The maximum atomic E-state index is 12.4. The van der Waals surface area contributed by atoms with E-state index in [0.29, 0.717) is 16.4 Å². The molecule has 2 aliphatic rings. The average Bonchev–Trinajstić information content (AvgIpc) is 3.41. The zero-order valence-corrected chi connectivity index (χ0v) is 16.4. The van der Waals surface area contributed by atoms with Crippen LogP contribution in [0, 0.1) is 12.8 Å². The first-order valence-corrected chi connectivity index (χ1v) is 11.3. The van der Waals surface area contributed by atoms with E-state index in [1.807, 2.05) is 24.3 Å². The van der Waals surface area contributed by atoms with Crippen molar-refractivity contribution in [2.45, 2.75) is 55.6 Å². The Hall–Kier alpha value is -2.14. The van der Waals surface area contributed by atoms with Crippen molar-refractivity contribution in [1.82, 2.24) is 4.98 Å². The third kappa shape index (κ3) is 3.79. The Morgan fingerprint density at radius 2 is 1.67 bits per heavy atom. The van der Waals surface area contributed by atoms with E-state index in [2.05, 4.69) is 11.1 Å². The Kier molecular flexibility index (Phi) is 4.81. The first kappa shape index (κ1) is 18.2. The molecule has 4 nitrogen and oxygen atoms in total. The van der Waals surface area contributed by atoms with Gasteiger partial charge in [0.15, 0.2) is 9.84 Å². The van der Waals surface area contributed by atoms with Gasteiger partial charge in [-0.15, -0.1) is 0 Å². The van der Waals surface area contributed by atoms with Gasteiger partial charge in [0.2, 0.25) is 0 Å². The number of nitrogens with one attached hydrogen (secondary N) is 1. The second kappa shape index (κ2) is 7.12. The van der Waals surface area contributed by atoms with Crippen molar-refractivity contribution in [3.63, 3.8) is 0 Å². The summed E-state index contributed by atoms with van der Waals surface area (Å²) < 4.78 is 24.9. The van der Waals surface area contributed by atoms with Crippen molar-refractivity contribution in [1.29, 1.82) is 0 Å². The average molecular weight is 384 g/mol. The quantitative estimate of drug-likeness (QED) is 0.840. The molecular weight excluding hydrogens is 358 g/mol. The first-order chi connectivity index (χ1) is 12.9. The summed E-state index contributed by atoms with van der Waals surface area (Å²) in [6.45, 7) is 1.79. The molecule has 2 fully saturated rings. The summed E-state index contributed by atoms with van der Waals surface area (Å²) in [6.07, 6.45) is 8.57. The lowest BCUT2D eigenvalue weighted by Gasteiger charge is -2.13. The number of aryl methyl sites for hydroxylation is 1. The molecule has 27 heavy (non-hydrogen) atoms.